The molecule has 0 radical (unpaired) electrons. The van der Waals surface area contributed by atoms with Gasteiger partial charge in [0.15, 0.2) is 6.61 Å². The van der Waals surface area contributed by atoms with Crippen molar-refractivity contribution in [1.82, 2.24) is 15.4 Å². The third-order valence-electron chi connectivity index (χ3n) is 4.86. The summed E-state index contributed by atoms with van der Waals surface area (Å²) in [7, 11) is 0. The summed E-state index contributed by atoms with van der Waals surface area (Å²) in [4.78, 5) is 41.2. The summed E-state index contributed by atoms with van der Waals surface area (Å²) in [5.74, 6) is -3.48. The average molecular weight is 572 g/mol. The first-order valence-electron chi connectivity index (χ1n) is 11.2. The van der Waals surface area contributed by atoms with Crippen LogP contribution >= 0.6 is 11.6 Å². The van der Waals surface area contributed by atoms with E-state index in [1.54, 1.807) is 30.5 Å². The topological polar surface area (TPSA) is 163 Å². The Morgan fingerprint density at radius 1 is 1.00 bits per heavy atom. The molecule has 0 aliphatic heterocycles. The smallest absolute Gasteiger partial charge is 0.341 e. The van der Waals surface area contributed by atoms with Crippen molar-refractivity contribution in [3.05, 3.63) is 94.9 Å². The van der Waals surface area contributed by atoms with Crippen LogP contribution in [0, 0.1) is 11.6 Å². The lowest BCUT2D eigenvalue weighted by atomic mass is 10.1. The first-order valence-corrected chi connectivity index (χ1v) is 11.6. The number of hydrogen-bond donors (Lipinski definition) is 4. The van der Waals surface area contributed by atoms with Crippen LogP contribution in [0.4, 0.5) is 19.3 Å². The fourth-order valence-electron chi connectivity index (χ4n) is 3.21. The van der Waals surface area contributed by atoms with E-state index in [4.69, 9.17) is 26.6 Å². The molecule has 4 rings (SSSR count). The summed E-state index contributed by atoms with van der Waals surface area (Å²) in [6.45, 7) is 1.06. The van der Waals surface area contributed by atoms with Crippen LogP contribution in [0.15, 0.2) is 72.1 Å². The van der Waals surface area contributed by atoms with Crippen molar-refractivity contribution in [2.45, 2.75) is 6.92 Å². The summed E-state index contributed by atoms with van der Waals surface area (Å²) in [6, 6.07) is 11.3. The predicted octanol–water partition coefficient (Wildman–Crippen LogP) is 4.96. The van der Waals surface area contributed by atoms with E-state index >= 15 is 0 Å². The van der Waals surface area contributed by atoms with Crippen LogP contribution in [0.1, 0.15) is 23.0 Å². The standard InChI is InChI=1S/C15H12F2N4O3.C11H8ClNO3/c1-8(13-12(14(22)23)3-2-4-18-13)20-21-15(24)19-11-6-9(16)5-10(17)7-11;12-8-3-4-9(16-6-10(14)15)11-7(8)2-1-5-13-11/h2-7H,1H3,(H,22,23)(H2,19,21,24);1-5H,6H2,(H,14,15)/b20-8+;. The molecule has 0 unspecified atom stereocenters. The van der Waals surface area contributed by atoms with Crippen LogP contribution in [0.2, 0.25) is 5.02 Å². The Hall–Kier alpha value is -5.17. The Balaban J connectivity index is 0.000000238. The van der Waals surface area contributed by atoms with E-state index < -0.39 is 36.2 Å². The Morgan fingerprint density at radius 2 is 1.68 bits per heavy atom. The van der Waals surface area contributed by atoms with Crippen LogP contribution in [0.5, 0.6) is 5.75 Å². The van der Waals surface area contributed by atoms with Gasteiger partial charge in [-0.3, -0.25) is 9.97 Å². The molecule has 4 N–H and O–H groups in total. The first-order chi connectivity index (χ1) is 19.0. The molecule has 0 spiro atoms. The van der Waals surface area contributed by atoms with Gasteiger partial charge in [-0.05, 0) is 55.5 Å². The maximum absolute atomic E-state index is 13.0. The molecule has 2 heterocycles. The van der Waals surface area contributed by atoms with Gasteiger partial charge in [-0.1, -0.05) is 11.6 Å². The molecular formula is C26H20ClF2N5O6. The van der Waals surface area contributed by atoms with E-state index in [1.807, 2.05) is 0 Å². The second-order valence-corrected chi connectivity index (χ2v) is 8.16. The van der Waals surface area contributed by atoms with Gasteiger partial charge in [0.1, 0.15) is 28.6 Å². The highest BCUT2D eigenvalue weighted by Crippen LogP contribution is 2.29. The summed E-state index contributed by atoms with van der Waals surface area (Å²) >= 11 is 5.98. The normalized spacial score (nSPS) is 10.8. The number of amides is 2. The number of aromatic nitrogens is 2. The van der Waals surface area contributed by atoms with Gasteiger partial charge in [-0.2, -0.15) is 5.10 Å². The molecule has 2 amide bonds. The number of carboxylic acid groups (broad SMARTS) is 2. The van der Waals surface area contributed by atoms with Crippen molar-refractivity contribution < 1.29 is 38.1 Å². The molecule has 4 aromatic rings. The zero-order chi connectivity index (χ0) is 29.2. The quantitative estimate of drug-likeness (QED) is 0.179. The number of ether oxygens (including phenoxy) is 1. The number of hydrazone groups is 1. The average Bonchev–Trinajstić information content (AvgIpc) is 2.91. The molecule has 0 saturated carbocycles. The largest absolute Gasteiger partial charge is 0.480 e. The van der Waals surface area contributed by atoms with Crippen molar-refractivity contribution >= 4 is 51.9 Å². The molecule has 0 aliphatic carbocycles. The van der Waals surface area contributed by atoms with Gasteiger partial charge in [-0.15, -0.1) is 0 Å². The van der Waals surface area contributed by atoms with Crippen LogP contribution in [-0.2, 0) is 4.79 Å². The van der Waals surface area contributed by atoms with Gasteiger partial charge in [0.2, 0.25) is 0 Å². The second kappa shape index (κ2) is 13.6. The predicted molar refractivity (Wildman–Crippen MR) is 142 cm³/mol. The summed E-state index contributed by atoms with van der Waals surface area (Å²) in [5.41, 5.74) is 2.72. The number of carbonyl (C=O) groups excluding carboxylic acids is 1. The van der Waals surface area contributed by atoms with Crippen molar-refractivity contribution in [2.75, 3.05) is 11.9 Å². The molecule has 2 aromatic carbocycles. The van der Waals surface area contributed by atoms with E-state index in [9.17, 15) is 23.2 Å². The number of benzene rings is 2. The zero-order valence-corrected chi connectivity index (χ0v) is 21.3. The fraction of sp³-hybridized carbons (Fsp3) is 0.0769. The van der Waals surface area contributed by atoms with Crippen LogP contribution in [0.3, 0.4) is 0 Å². The van der Waals surface area contributed by atoms with Crippen LogP contribution in [-0.4, -0.2) is 50.5 Å². The van der Waals surface area contributed by atoms with Crippen LogP contribution in [0.25, 0.3) is 10.9 Å². The molecule has 11 nitrogen and oxygen atoms in total. The molecule has 0 aliphatic rings. The van der Waals surface area contributed by atoms with Gasteiger partial charge in [-0.25, -0.2) is 28.6 Å². The van der Waals surface area contributed by atoms with E-state index in [0.29, 0.717) is 22.4 Å². The number of nitrogens with zero attached hydrogens (tertiary/aromatic N) is 3. The number of nitrogens with one attached hydrogen (secondary N) is 2. The SMILES string of the molecule is C/C(=N\NC(=O)Nc1cc(F)cc(F)c1)c1ncccc1C(=O)O.O=C(O)COc1ccc(Cl)c2cccnc12. The minimum Gasteiger partial charge on any atom is -0.480 e. The number of carbonyl (C=O) groups is 3. The zero-order valence-electron chi connectivity index (χ0n) is 20.6. The number of hydrogen-bond acceptors (Lipinski definition) is 7. The highest BCUT2D eigenvalue weighted by Gasteiger charge is 2.13. The van der Waals surface area contributed by atoms with E-state index in [2.05, 4.69) is 25.8 Å². The summed E-state index contributed by atoms with van der Waals surface area (Å²) in [6.07, 6.45) is 2.99. The molecule has 0 atom stereocenters. The Bertz CT molecular complexity index is 1580. The highest BCUT2D eigenvalue weighted by molar-refractivity contribution is 6.35. The Morgan fingerprint density at radius 3 is 2.35 bits per heavy atom. The molecule has 206 valence electrons. The lowest BCUT2D eigenvalue weighted by Crippen LogP contribution is -2.26. The molecule has 40 heavy (non-hydrogen) atoms. The summed E-state index contributed by atoms with van der Waals surface area (Å²) in [5, 5.41) is 24.8. The van der Waals surface area contributed by atoms with Gasteiger partial charge in [0, 0.05) is 29.5 Å². The second-order valence-electron chi connectivity index (χ2n) is 7.75. The molecular weight excluding hydrogens is 552 g/mol. The number of carboxylic acids is 2. The number of halogens is 3. The number of anilines is 1. The molecule has 14 heteroatoms. The number of aliphatic carboxylic acids is 1. The number of urea groups is 1. The lowest BCUT2D eigenvalue weighted by Gasteiger charge is -2.07. The number of pyridine rings is 2. The molecule has 0 bridgehead atoms. The highest BCUT2D eigenvalue weighted by atomic mass is 35.5. The van der Waals surface area contributed by atoms with Gasteiger partial charge < -0.3 is 20.3 Å². The van der Waals surface area contributed by atoms with Gasteiger partial charge in [0.25, 0.3) is 0 Å². The lowest BCUT2D eigenvalue weighted by molar-refractivity contribution is -0.139. The molecule has 2 aromatic heterocycles. The maximum Gasteiger partial charge on any atom is 0.341 e. The van der Waals surface area contributed by atoms with E-state index in [0.717, 1.165) is 17.5 Å². The van der Waals surface area contributed by atoms with Crippen molar-refractivity contribution in [2.24, 2.45) is 5.10 Å². The third kappa shape index (κ3) is 8.16. The van der Waals surface area contributed by atoms with Crippen LogP contribution < -0.4 is 15.5 Å². The fourth-order valence-corrected chi connectivity index (χ4v) is 3.42. The van der Waals surface area contributed by atoms with Crippen molar-refractivity contribution in [3.8, 4) is 5.75 Å². The molecule has 0 saturated heterocycles. The summed E-state index contributed by atoms with van der Waals surface area (Å²) < 4.78 is 31.2. The van der Waals surface area contributed by atoms with E-state index in [-0.39, 0.29) is 22.7 Å². The monoisotopic (exact) mass is 571 g/mol. The van der Waals surface area contributed by atoms with Crippen molar-refractivity contribution in [1.29, 1.82) is 0 Å². The van der Waals surface area contributed by atoms with Crippen molar-refractivity contribution in [3.63, 3.8) is 0 Å². The van der Waals surface area contributed by atoms with Gasteiger partial charge >= 0.3 is 18.0 Å². The number of aromatic carboxylic acids is 1. The maximum atomic E-state index is 13.0. The minimum absolute atomic E-state index is 0.0758. The third-order valence-corrected chi connectivity index (χ3v) is 5.19. The Kier molecular flexibility index (Phi) is 9.97. The number of rotatable bonds is 7. The Labute approximate surface area is 230 Å². The first kappa shape index (κ1) is 29.4. The molecule has 0 fully saturated rings. The minimum atomic E-state index is -1.19. The number of fused-ring (bicyclic) bond motifs is 1. The van der Waals surface area contributed by atoms with E-state index in [1.165, 1.54) is 25.3 Å². The van der Waals surface area contributed by atoms with Gasteiger partial charge in [0.05, 0.1) is 16.3 Å².